The van der Waals surface area contributed by atoms with Gasteiger partial charge in [0, 0.05) is 19.1 Å². The molecule has 0 radical (unpaired) electrons. The summed E-state index contributed by atoms with van der Waals surface area (Å²) in [6.45, 7) is 9.95. The molecule has 2 unspecified atom stereocenters. The van der Waals surface area contributed by atoms with Crippen molar-refractivity contribution in [2.75, 3.05) is 20.1 Å². The maximum atomic E-state index is 12.5. The molecule has 6 heteroatoms. The minimum atomic E-state index is -1.20. The highest BCUT2D eigenvalue weighted by Gasteiger charge is 2.53. The molecule has 2 atom stereocenters. The van der Waals surface area contributed by atoms with Crippen molar-refractivity contribution in [2.45, 2.75) is 64.6 Å². The SMILES string of the molecule is CCCN(C(=O)OC(C)(C)C)C1(C(=O)O)CC(C)N(C)C1. The molecule has 21 heavy (non-hydrogen) atoms. The third-order valence-corrected chi connectivity index (χ3v) is 3.87. The summed E-state index contributed by atoms with van der Waals surface area (Å²) in [7, 11) is 1.88. The minimum Gasteiger partial charge on any atom is -0.479 e. The first-order chi connectivity index (χ1) is 9.53. The number of rotatable bonds is 4. The van der Waals surface area contributed by atoms with E-state index >= 15 is 0 Å². The maximum Gasteiger partial charge on any atom is 0.411 e. The summed E-state index contributed by atoms with van der Waals surface area (Å²) in [6, 6.07) is 0.114. The monoisotopic (exact) mass is 300 g/mol. The topological polar surface area (TPSA) is 70.1 Å². The van der Waals surface area contributed by atoms with Crippen molar-refractivity contribution in [1.82, 2.24) is 9.80 Å². The summed E-state index contributed by atoms with van der Waals surface area (Å²) in [4.78, 5) is 27.8. The molecule has 0 bridgehead atoms. The lowest BCUT2D eigenvalue weighted by Gasteiger charge is -2.38. The number of carbonyl (C=O) groups excluding carboxylic acids is 1. The number of amides is 1. The molecule has 1 aliphatic heterocycles. The van der Waals surface area contributed by atoms with Gasteiger partial charge in [-0.05, 0) is 47.6 Å². The fraction of sp³-hybridized carbons (Fsp3) is 0.867. The van der Waals surface area contributed by atoms with Gasteiger partial charge in [0.15, 0.2) is 5.54 Å². The molecule has 1 saturated heterocycles. The molecule has 1 fully saturated rings. The number of ether oxygens (including phenoxy) is 1. The van der Waals surface area contributed by atoms with Crippen LogP contribution in [0.15, 0.2) is 0 Å². The van der Waals surface area contributed by atoms with E-state index in [1.807, 2.05) is 25.8 Å². The highest BCUT2D eigenvalue weighted by molar-refractivity contribution is 5.85. The zero-order chi connectivity index (χ0) is 16.4. The highest BCUT2D eigenvalue weighted by atomic mass is 16.6. The molecule has 0 aromatic rings. The quantitative estimate of drug-likeness (QED) is 0.861. The zero-order valence-corrected chi connectivity index (χ0v) is 14.0. The molecule has 0 spiro atoms. The van der Waals surface area contributed by atoms with E-state index in [1.54, 1.807) is 20.8 Å². The van der Waals surface area contributed by atoms with Gasteiger partial charge in [0.2, 0.25) is 0 Å². The van der Waals surface area contributed by atoms with Crippen molar-refractivity contribution in [2.24, 2.45) is 0 Å². The first-order valence-corrected chi connectivity index (χ1v) is 7.47. The van der Waals surface area contributed by atoms with E-state index in [0.29, 0.717) is 25.9 Å². The lowest BCUT2D eigenvalue weighted by atomic mass is 9.94. The summed E-state index contributed by atoms with van der Waals surface area (Å²) in [5.74, 6) is -0.960. The summed E-state index contributed by atoms with van der Waals surface area (Å²) in [5.41, 5.74) is -1.84. The van der Waals surface area contributed by atoms with E-state index < -0.39 is 23.2 Å². The van der Waals surface area contributed by atoms with Crippen LogP contribution in [0.2, 0.25) is 0 Å². The molecule has 0 aromatic carbocycles. The molecule has 0 aromatic heterocycles. The number of carboxylic acids is 1. The van der Waals surface area contributed by atoms with Crippen LogP contribution in [-0.4, -0.2) is 64.3 Å². The van der Waals surface area contributed by atoms with Gasteiger partial charge in [0.1, 0.15) is 5.60 Å². The lowest BCUT2D eigenvalue weighted by molar-refractivity contribution is -0.150. The van der Waals surface area contributed by atoms with Gasteiger partial charge in [-0.15, -0.1) is 0 Å². The van der Waals surface area contributed by atoms with Crippen LogP contribution in [0.3, 0.4) is 0 Å². The lowest BCUT2D eigenvalue weighted by Crippen LogP contribution is -2.59. The molecule has 0 aliphatic carbocycles. The first kappa shape index (κ1) is 17.8. The molecular formula is C15H28N2O4. The maximum absolute atomic E-state index is 12.5. The van der Waals surface area contributed by atoms with Crippen LogP contribution >= 0.6 is 0 Å². The largest absolute Gasteiger partial charge is 0.479 e. The predicted molar refractivity (Wildman–Crippen MR) is 80.3 cm³/mol. The number of hydrogen-bond acceptors (Lipinski definition) is 4. The Hall–Kier alpha value is -1.30. The Morgan fingerprint density at radius 3 is 2.33 bits per heavy atom. The van der Waals surface area contributed by atoms with Crippen LogP contribution < -0.4 is 0 Å². The van der Waals surface area contributed by atoms with Gasteiger partial charge >= 0.3 is 12.1 Å². The standard InChI is InChI=1S/C15H28N2O4/c1-7-8-17(13(20)21-14(3,4)5)15(12(18)19)9-11(2)16(6)10-15/h11H,7-10H2,1-6H3,(H,18,19). The van der Waals surface area contributed by atoms with Crippen LogP contribution in [0.1, 0.15) is 47.5 Å². The van der Waals surface area contributed by atoms with Gasteiger partial charge in [-0.1, -0.05) is 6.92 Å². The van der Waals surface area contributed by atoms with Crippen LogP contribution in [0.5, 0.6) is 0 Å². The Bertz CT molecular complexity index is 393. The van der Waals surface area contributed by atoms with E-state index in [-0.39, 0.29) is 6.04 Å². The summed E-state index contributed by atoms with van der Waals surface area (Å²) >= 11 is 0. The van der Waals surface area contributed by atoms with E-state index in [0.717, 1.165) is 0 Å². The molecule has 1 aliphatic rings. The Morgan fingerprint density at radius 1 is 1.43 bits per heavy atom. The first-order valence-electron chi connectivity index (χ1n) is 7.47. The zero-order valence-electron chi connectivity index (χ0n) is 14.0. The molecule has 1 rings (SSSR count). The average Bonchev–Trinajstić information content (AvgIpc) is 2.61. The Balaban J connectivity index is 3.11. The Kier molecular flexibility index (Phi) is 5.25. The smallest absolute Gasteiger partial charge is 0.411 e. The second-order valence-corrected chi connectivity index (χ2v) is 6.94. The normalized spacial score (nSPS) is 26.7. The molecule has 0 saturated carbocycles. The molecular weight excluding hydrogens is 272 g/mol. The van der Waals surface area contributed by atoms with E-state index in [1.165, 1.54) is 4.90 Å². The molecule has 122 valence electrons. The summed E-state index contributed by atoms with van der Waals surface area (Å²) in [5, 5.41) is 9.77. The van der Waals surface area contributed by atoms with E-state index in [2.05, 4.69) is 0 Å². The third-order valence-electron chi connectivity index (χ3n) is 3.87. The summed E-state index contributed by atoms with van der Waals surface area (Å²) < 4.78 is 5.42. The molecule has 1 amide bonds. The third kappa shape index (κ3) is 3.87. The fourth-order valence-corrected chi connectivity index (χ4v) is 2.76. The van der Waals surface area contributed by atoms with Crippen molar-refractivity contribution in [3.8, 4) is 0 Å². The second kappa shape index (κ2) is 6.22. The average molecular weight is 300 g/mol. The minimum absolute atomic E-state index is 0.114. The van der Waals surface area contributed by atoms with Crippen molar-refractivity contribution in [3.05, 3.63) is 0 Å². The molecule has 6 nitrogen and oxygen atoms in total. The van der Waals surface area contributed by atoms with Crippen molar-refractivity contribution in [3.63, 3.8) is 0 Å². The molecule has 1 N–H and O–H groups in total. The van der Waals surface area contributed by atoms with Gasteiger partial charge in [-0.3, -0.25) is 4.90 Å². The van der Waals surface area contributed by atoms with Gasteiger partial charge in [-0.25, -0.2) is 9.59 Å². The van der Waals surface area contributed by atoms with Crippen LogP contribution in [0, 0.1) is 0 Å². The summed E-state index contributed by atoms with van der Waals surface area (Å²) in [6.07, 6.45) is 0.555. The van der Waals surface area contributed by atoms with Gasteiger partial charge in [0.25, 0.3) is 0 Å². The number of likely N-dealkylation sites (N-methyl/N-ethyl adjacent to an activating group) is 1. The van der Waals surface area contributed by atoms with Gasteiger partial charge in [-0.2, -0.15) is 0 Å². The second-order valence-electron chi connectivity index (χ2n) is 6.94. The number of nitrogens with zero attached hydrogens (tertiary/aromatic N) is 2. The van der Waals surface area contributed by atoms with Crippen LogP contribution in [0.25, 0.3) is 0 Å². The van der Waals surface area contributed by atoms with Crippen LogP contribution in [-0.2, 0) is 9.53 Å². The Morgan fingerprint density at radius 2 is 2.00 bits per heavy atom. The number of carbonyl (C=O) groups is 2. The van der Waals surface area contributed by atoms with Gasteiger partial charge in [0.05, 0.1) is 0 Å². The fourth-order valence-electron chi connectivity index (χ4n) is 2.76. The number of aliphatic carboxylic acids is 1. The number of carboxylic acid groups (broad SMARTS) is 1. The number of hydrogen-bond donors (Lipinski definition) is 1. The van der Waals surface area contributed by atoms with Gasteiger partial charge < -0.3 is 14.7 Å². The van der Waals surface area contributed by atoms with Crippen molar-refractivity contribution >= 4 is 12.1 Å². The number of likely N-dealkylation sites (tertiary alicyclic amines) is 1. The predicted octanol–water partition coefficient (Wildman–Crippen LogP) is 2.18. The Labute approximate surface area is 127 Å². The van der Waals surface area contributed by atoms with Crippen molar-refractivity contribution < 1.29 is 19.4 Å². The van der Waals surface area contributed by atoms with E-state index in [4.69, 9.17) is 4.74 Å². The van der Waals surface area contributed by atoms with E-state index in [9.17, 15) is 14.7 Å². The van der Waals surface area contributed by atoms with Crippen LogP contribution in [0.4, 0.5) is 4.79 Å². The highest BCUT2D eigenvalue weighted by Crippen LogP contribution is 2.33. The molecule has 1 heterocycles. The van der Waals surface area contributed by atoms with Crippen molar-refractivity contribution in [1.29, 1.82) is 0 Å².